The number of aromatic nitrogens is 2. The summed E-state index contributed by atoms with van der Waals surface area (Å²) in [5, 5.41) is 11.1. The molecule has 1 atom stereocenters. The van der Waals surface area contributed by atoms with Crippen molar-refractivity contribution in [3.8, 4) is 5.75 Å². The van der Waals surface area contributed by atoms with Gasteiger partial charge in [-0.1, -0.05) is 12.1 Å². The van der Waals surface area contributed by atoms with Gasteiger partial charge in [-0.15, -0.1) is 5.10 Å². The lowest BCUT2D eigenvalue weighted by Crippen LogP contribution is -2.40. The first-order chi connectivity index (χ1) is 10.9. The third-order valence-electron chi connectivity index (χ3n) is 2.87. The quantitative estimate of drug-likeness (QED) is 0.906. The lowest BCUT2D eigenvalue weighted by atomic mass is 10.1. The Kier molecular flexibility index (Phi) is 4.99. The molecule has 0 bridgehead atoms. The number of halogens is 3. The number of urea groups is 1. The van der Waals surface area contributed by atoms with Gasteiger partial charge in [0, 0.05) is 6.20 Å². The Balaban J connectivity index is 2.14. The van der Waals surface area contributed by atoms with Crippen LogP contribution in [0.3, 0.4) is 0 Å². The van der Waals surface area contributed by atoms with Gasteiger partial charge in [0.05, 0.1) is 7.11 Å². The van der Waals surface area contributed by atoms with E-state index in [1.807, 2.05) is 5.32 Å². The molecule has 2 rings (SSSR count). The van der Waals surface area contributed by atoms with Crippen LogP contribution >= 0.6 is 0 Å². The summed E-state index contributed by atoms with van der Waals surface area (Å²) >= 11 is 0. The summed E-state index contributed by atoms with van der Waals surface area (Å²) in [7, 11) is 1.41. The Morgan fingerprint density at radius 1 is 1.22 bits per heavy atom. The molecule has 2 amide bonds. The lowest BCUT2D eigenvalue weighted by Gasteiger charge is -2.22. The Morgan fingerprint density at radius 3 is 2.43 bits per heavy atom. The smallest absolute Gasteiger partial charge is 0.412 e. The minimum atomic E-state index is -4.66. The molecule has 0 radical (unpaired) electrons. The van der Waals surface area contributed by atoms with Gasteiger partial charge in [0.1, 0.15) is 5.75 Å². The maximum Gasteiger partial charge on any atom is 0.412 e. The summed E-state index contributed by atoms with van der Waals surface area (Å²) < 4.78 is 44.5. The van der Waals surface area contributed by atoms with Crippen LogP contribution in [0, 0.1) is 0 Å². The van der Waals surface area contributed by atoms with Crippen LogP contribution in [0.25, 0.3) is 0 Å². The molecule has 0 fully saturated rings. The first kappa shape index (κ1) is 16.5. The normalized spacial score (nSPS) is 12.3. The van der Waals surface area contributed by atoms with Crippen molar-refractivity contribution in [1.29, 1.82) is 0 Å². The standard InChI is InChI=1S/C14H13F3N4O2/c1-23-10-6-4-9(5-7-10)12(14(15,16)17)20-13(22)19-11-3-2-8-18-21-11/h2-8,12H,1H3,(H2,19,20,21,22)/t12-/m1/s1. The SMILES string of the molecule is COc1ccc([C@@H](NC(=O)Nc2cccnn2)C(F)(F)F)cc1. The number of amides is 2. The molecule has 23 heavy (non-hydrogen) atoms. The first-order valence-electron chi connectivity index (χ1n) is 6.46. The zero-order valence-corrected chi connectivity index (χ0v) is 12.0. The highest BCUT2D eigenvalue weighted by Crippen LogP contribution is 2.33. The van der Waals surface area contributed by atoms with Gasteiger partial charge in [0.15, 0.2) is 11.9 Å². The first-order valence-corrected chi connectivity index (χ1v) is 6.46. The second-order valence-corrected chi connectivity index (χ2v) is 4.46. The average Bonchev–Trinajstić information content (AvgIpc) is 2.53. The van der Waals surface area contributed by atoms with Crippen LogP contribution < -0.4 is 15.4 Å². The zero-order valence-electron chi connectivity index (χ0n) is 12.0. The molecule has 0 saturated carbocycles. The molecule has 0 saturated heterocycles. The number of benzene rings is 1. The van der Waals surface area contributed by atoms with E-state index in [-0.39, 0.29) is 11.4 Å². The fourth-order valence-corrected chi connectivity index (χ4v) is 1.80. The number of ether oxygens (including phenoxy) is 1. The van der Waals surface area contributed by atoms with Crippen LogP contribution in [0.5, 0.6) is 5.75 Å². The predicted octanol–water partition coefficient (Wildman–Crippen LogP) is 2.91. The van der Waals surface area contributed by atoms with Crippen molar-refractivity contribution >= 4 is 11.8 Å². The van der Waals surface area contributed by atoms with Crippen molar-refractivity contribution in [1.82, 2.24) is 15.5 Å². The molecule has 1 aromatic heterocycles. The monoisotopic (exact) mass is 326 g/mol. The van der Waals surface area contributed by atoms with E-state index in [4.69, 9.17) is 4.74 Å². The minimum Gasteiger partial charge on any atom is -0.497 e. The average molecular weight is 326 g/mol. The molecule has 0 unspecified atom stereocenters. The second-order valence-electron chi connectivity index (χ2n) is 4.46. The van der Waals surface area contributed by atoms with E-state index in [2.05, 4.69) is 15.5 Å². The maximum absolute atomic E-state index is 13.2. The topological polar surface area (TPSA) is 76.1 Å². The Hall–Kier alpha value is -2.84. The molecule has 0 aliphatic heterocycles. The second kappa shape index (κ2) is 6.95. The largest absolute Gasteiger partial charge is 0.497 e. The van der Waals surface area contributed by atoms with Crippen LogP contribution in [0.2, 0.25) is 0 Å². The van der Waals surface area contributed by atoms with E-state index in [1.165, 1.54) is 49.7 Å². The van der Waals surface area contributed by atoms with Crippen LogP contribution in [0.15, 0.2) is 42.6 Å². The van der Waals surface area contributed by atoms with Crippen LogP contribution in [0.1, 0.15) is 11.6 Å². The fourth-order valence-electron chi connectivity index (χ4n) is 1.80. The van der Waals surface area contributed by atoms with Gasteiger partial charge >= 0.3 is 12.2 Å². The molecule has 6 nitrogen and oxygen atoms in total. The highest BCUT2D eigenvalue weighted by Gasteiger charge is 2.42. The maximum atomic E-state index is 13.2. The molecule has 0 aliphatic rings. The van der Waals surface area contributed by atoms with Crippen molar-refractivity contribution < 1.29 is 22.7 Å². The number of nitrogens with zero attached hydrogens (tertiary/aromatic N) is 2. The van der Waals surface area contributed by atoms with Crippen molar-refractivity contribution in [2.75, 3.05) is 12.4 Å². The molecule has 1 aromatic carbocycles. The summed E-state index contributed by atoms with van der Waals surface area (Å²) in [6.45, 7) is 0. The van der Waals surface area contributed by atoms with E-state index < -0.39 is 18.2 Å². The number of hydrogen-bond donors (Lipinski definition) is 2. The van der Waals surface area contributed by atoms with Crippen LogP contribution in [0.4, 0.5) is 23.8 Å². The molecule has 2 aromatic rings. The van der Waals surface area contributed by atoms with Crippen molar-refractivity contribution in [2.45, 2.75) is 12.2 Å². The van der Waals surface area contributed by atoms with Gasteiger partial charge in [-0.05, 0) is 29.8 Å². The van der Waals surface area contributed by atoms with Gasteiger partial charge in [0.2, 0.25) is 0 Å². The number of hydrogen-bond acceptors (Lipinski definition) is 4. The summed E-state index contributed by atoms with van der Waals surface area (Å²) in [6.07, 6.45) is -3.28. The van der Waals surface area contributed by atoms with Gasteiger partial charge in [-0.25, -0.2) is 4.79 Å². The number of carbonyl (C=O) groups is 1. The van der Waals surface area contributed by atoms with E-state index in [1.54, 1.807) is 0 Å². The van der Waals surface area contributed by atoms with Gasteiger partial charge in [0.25, 0.3) is 0 Å². The van der Waals surface area contributed by atoms with E-state index in [0.717, 1.165) is 0 Å². The number of alkyl halides is 3. The highest BCUT2D eigenvalue weighted by atomic mass is 19.4. The number of anilines is 1. The van der Waals surface area contributed by atoms with Crippen molar-refractivity contribution in [2.24, 2.45) is 0 Å². The molecule has 122 valence electrons. The molecule has 0 spiro atoms. The van der Waals surface area contributed by atoms with E-state index >= 15 is 0 Å². The molecular formula is C14H13F3N4O2. The number of rotatable bonds is 4. The molecule has 0 aliphatic carbocycles. The molecule has 2 N–H and O–H groups in total. The van der Waals surface area contributed by atoms with Crippen LogP contribution in [-0.2, 0) is 0 Å². The third-order valence-corrected chi connectivity index (χ3v) is 2.87. The molecule has 9 heteroatoms. The number of carbonyl (C=O) groups excluding carboxylic acids is 1. The summed E-state index contributed by atoms with van der Waals surface area (Å²) in [4.78, 5) is 11.8. The predicted molar refractivity (Wildman–Crippen MR) is 76.0 cm³/mol. The minimum absolute atomic E-state index is 0.0423. The third kappa shape index (κ3) is 4.56. The highest BCUT2D eigenvalue weighted by molar-refractivity contribution is 5.88. The van der Waals surface area contributed by atoms with Gasteiger partial charge in [-0.3, -0.25) is 5.32 Å². The lowest BCUT2D eigenvalue weighted by molar-refractivity contribution is -0.154. The fraction of sp³-hybridized carbons (Fsp3) is 0.214. The summed E-state index contributed by atoms with van der Waals surface area (Å²) in [5.41, 5.74) is -0.118. The van der Waals surface area contributed by atoms with Gasteiger partial charge < -0.3 is 10.1 Å². The zero-order chi connectivity index (χ0) is 16.9. The van der Waals surface area contributed by atoms with E-state index in [9.17, 15) is 18.0 Å². The van der Waals surface area contributed by atoms with Crippen LogP contribution in [-0.4, -0.2) is 29.5 Å². The number of nitrogens with one attached hydrogen (secondary N) is 2. The Bertz CT molecular complexity index is 647. The molecular weight excluding hydrogens is 313 g/mol. The Morgan fingerprint density at radius 2 is 1.91 bits per heavy atom. The summed E-state index contributed by atoms with van der Waals surface area (Å²) in [5.74, 6) is 0.458. The number of methoxy groups -OCH3 is 1. The Labute approximate surface area is 129 Å². The molecule has 1 heterocycles. The summed E-state index contributed by atoms with van der Waals surface area (Å²) in [6, 6.07) is 4.94. The van der Waals surface area contributed by atoms with E-state index in [0.29, 0.717) is 5.75 Å². The van der Waals surface area contributed by atoms with Gasteiger partial charge in [-0.2, -0.15) is 18.3 Å². The van der Waals surface area contributed by atoms with Crippen molar-refractivity contribution in [3.05, 3.63) is 48.2 Å². The van der Waals surface area contributed by atoms with Crippen molar-refractivity contribution in [3.63, 3.8) is 0 Å².